The van der Waals surface area contributed by atoms with Gasteiger partial charge in [-0.2, -0.15) is 0 Å². The minimum Gasteiger partial charge on any atom is -0.378 e. The molecule has 0 radical (unpaired) electrons. The van der Waals surface area contributed by atoms with Crippen molar-refractivity contribution in [1.29, 1.82) is 0 Å². The SMILES string of the molecule is CC(Nc1ccc(Br)c([N+](=O)[O-])c1)c1ccc(Cl)cc1Cl. The molecule has 0 bridgehead atoms. The van der Waals surface area contributed by atoms with E-state index in [0.29, 0.717) is 20.2 Å². The van der Waals surface area contributed by atoms with E-state index in [2.05, 4.69) is 21.2 Å². The number of rotatable bonds is 4. The Kier molecular flexibility index (Phi) is 5.08. The van der Waals surface area contributed by atoms with E-state index in [4.69, 9.17) is 23.2 Å². The monoisotopic (exact) mass is 388 g/mol. The number of anilines is 1. The Hall–Kier alpha value is -1.30. The molecule has 4 nitrogen and oxygen atoms in total. The molecule has 2 aromatic carbocycles. The number of nitrogens with zero attached hydrogens (tertiary/aromatic N) is 1. The quantitative estimate of drug-likeness (QED) is 0.528. The van der Waals surface area contributed by atoms with Gasteiger partial charge in [-0.25, -0.2) is 0 Å². The van der Waals surface area contributed by atoms with Gasteiger partial charge >= 0.3 is 0 Å². The molecule has 7 heteroatoms. The smallest absolute Gasteiger partial charge is 0.285 e. The van der Waals surface area contributed by atoms with Gasteiger partial charge in [-0.05, 0) is 52.7 Å². The maximum absolute atomic E-state index is 10.9. The number of benzene rings is 2. The van der Waals surface area contributed by atoms with Crippen molar-refractivity contribution in [3.8, 4) is 0 Å². The van der Waals surface area contributed by atoms with Gasteiger partial charge in [0.1, 0.15) is 0 Å². The first-order chi connectivity index (χ1) is 9.88. The van der Waals surface area contributed by atoms with Gasteiger partial charge in [0.2, 0.25) is 0 Å². The van der Waals surface area contributed by atoms with Gasteiger partial charge in [0.15, 0.2) is 0 Å². The van der Waals surface area contributed by atoms with E-state index in [9.17, 15) is 10.1 Å². The van der Waals surface area contributed by atoms with E-state index in [1.54, 1.807) is 24.3 Å². The van der Waals surface area contributed by atoms with Crippen molar-refractivity contribution in [2.24, 2.45) is 0 Å². The van der Waals surface area contributed by atoms with Crippen molar-refractivity contribution in [3.05, 3.63) is 66.6 Å². The number of nitro groups is 1. The summed E-state index contributed by atoms with van der Waals surface area (Å²) in [6.07, 6.45) is 0. The number of hydrogen-bond acceptors (Lipinski definition) is 3. The topological polar surface area (TPSA) is 55.2 Å². The molecule has 0 aliphatic rings. The number of nitro benzene ring substituents is 1. The second kappa shape index (κ2) is 6.64. The summed E-state index contributed by atoms with van der Waals surface area (Å²) in [4.78, 5) is 10.5. The van der Waals surface area contributed by atoms with Crippen LogP contribution in [-0.2, 0) is 0 Å². The second-order valence-corrected chi connectivity index (χ2v) is 6.15. The largest absolute Gasteiger partial charge is 0.378 e. The molecule has 1 atom stereocenters. The average molecular weight is 390 g/mol. The fraction of sp³-hybridized carbons (Fsp3) is 0.143. The molecule has 0 saturated heterocycles. The van der Waals surface area contributed by atoms with Crippen molar-refractivity contribution < 1.29 is 4.92 Å². The number of hydrogen-bond donors (Lipinski definition) is 1. The molecule has 0 heterocycles. The van der Waals surface area contributed by atoms with Gasteiger partial charge < -0.3 is 5.32 Å². The predicted octanol–water partition coefficient (Wildman–Crippen LogP) is 5.84. The van der Waals surface area contributed by atoms with Crippen LogP contribution in [0.5, 0.6) is 0 Å². The van der Waals surface area contributed by atoms with Crippen LogP contribution in [0, 0.1) is 10.1 Å². The molecular weight excluding hydrogens is 379 g/mol. The van der Waals surface area contributed by atoms with Crippen LogP contribution < -0.4 is 5.32 Å². The summed E-state index contributed by atoms with van der Waals surface area (Å²) in [6, 6.07) is 10.0. The lowest BCUT2D eigenvalue weighted by Gasteiger charge is -2.17. The summed E-state index contributed by atoms with van der Waals surface area (Å²) in [7, 11) is 0. The van der Waals surface area contributed by atoms with Gasteiger partial charge in [0.05, 0.1) is 9.40 Å². The van der Waals surface area contributed by atoms with Crippen LogP contribution >= 0.6 is 39.1 Å². The molecule has 0 saturated carbocycles. The van der Waals surface area contributed by atoms with Crippen LogP contribution in [0.3, 0.4) is 0 Å². The van der Waals surface area contributed by atoms with Crippen LogP contribution in [0.15, 0.2) is 40.9 Å². The summed E-state index contributed by atoms with van der Waals surface area (Å²) >= 11 is 15.2. The van der Waals surface area contributed by atoms with E-state index in [-0.39, 0.29) is 11.7 Å². The molecule has 0 aromatic heterocycles. The molecule has 2 rings (SSSR count). The Morgan fingerprint density at radius 3 is 2.57 bits per heavy atom. The lowest BCUT2D eigenvalue weighted by atomic mass is 10.1. The molecule has 0 spiro atoms. The lowest BCUT2D eigenvalue weighted by molar-refractivity contribution is -0.385. The summed E-state index contributed by atoms with van der Waals surface area (Å²) < 4.78 is 0.440. The third-order valence-corrected chi connectivity index (χ3v) is 4.19. The van der Waals surface area contributed by atoms with Gasteiger partial charge in [-0.15, -0.1) is 0 Å². The predicted molar refractivity (Wildman–Crippen MR) is 89.3 cm³/mol. The summed E-state index contributed by atoms with van der Waals surface area (Å²) in [5, 5.41) is 15.2. The maximum Gasteiger partial charge on any atom is 0.285 e. The Labute approximate surface area is 140 Å². The zero-order chi connectivity index (χ0) is 15.6. The van der Waals surface area contributed by atoms with Crippen LogP contribution in [-0.4, -0.2) is 4.92 Å². The first kappa shape index (κ1) is 16.1. The molecule has 1 unspecified atom stereocenters. The summed E-state index contributed by atoms with van der Waals surface area (Å²) in [6.45, 7) is 1.92. The lowest BCUT2D eigenvalue weighted by Crippen LogP contribution is -2.07. The van der Waals surface area contributed by atoms with Crippen LogP contribution in [0.4, 0.5) is 11.4 Å². The minimum atomic E-state index is -0.435. The third-order valence-electron chi connectivity index (χ3n) is 2.96. The minimum absolute atomic E-state index is 0.00871. The number of halogens is 3. The standard InChI is InChI=1S/C14H11BrCl2N2O2/c1-8(11-4-2-9(16)6-13(11)17)18-10-3-5-12(15)14(7-10)19(20)21/h2-8,18H,1H3. The van der Waals surface area contributed by atoms with Crippen molar-refractivity contribution in [1.82, 2.24) is 0 Å². The molecular formula is C14H11BrCl2N2O2. The molecule has 1 N–H and O–H groups in total. The first-order valence-corrected chi connectivity index (χ1v) is 7.59. The third kappa shape index (κ3) is 3.87. The molecule has 0 aliphatic carbocycles. The Morgan fingerprint density at radius 2 is 1.95 bits per heavy atom. The molecule has 0 aliphatic heterocycles. The van der Waals surface area contributed by atoms with Gasteiger partial charge in [0.25, 0.3) is 5.69 Å². The second-order valence-electron chi connectivity index (χ2n) is 4.46. The Balaban J connectivity index is 2.25. The van der Waals surface area contributed by atoms with E-state index in [0.717, 1.165) is 5.56 Å². The molecule has 21 heavy (non-hydrogen) atoms. The fourth-order valence-electron chi connectivity index (χ4n) is 1.92. The Bertz CT molecular complexity index is 695. The van der Waals surface area contributed by atoms with Crippen LogP contribution in [0.2, 0.25) is 10.0 Å². The average Bonchev–Trinajstić information content (AvgIpc) is 2.40. The molecule has 0 amide bonds. The van der Waals surface area contributed by atoms with Crippen LogP contribution in [0.1, 0.15) is 18.5 Å². The highest BCUT2D eigenvalue weighted by Crippen LogP contribution is 2.32. The van der Waals surface area contributed by atoms with Gasteiger partial charge in [-0.1, -0.05) is 29.3 Å². The van der Waals surface area contributed by atoms with Crippen molar-refractivity contribution >= 4 is 50.5 Å². The molecule has 2 aromatic rings. The highest BCUT2D eigenvalue weighted by atomic mass is 79.9. The first-order valence-electron chi connectivity index (χ1n) is 6.04. The van der Waals surface area contributed by atoms with Gasteiger partial charge in [-0.3, -0.25) is 10.1 Å². The molecule has 110 valence electrons. The zero-order valence-corrected chi connectivity index (χ0v) is 14.0. The number of nitrogens with one attached hydrogen (secondary N) is 1. The highest BCUT2D eigenvalue weighted by Gasteiger charge is 2.15. The van der Waals surface area contributed by atoms with Crippen molar-refractivity contribution in [2.45, 2.75) is 13.0 Å². The normalized spacial score (nSPS) is 12.0. The van der Waals surface area contributed by atoms with E-state index < -0.39 is 4.92 Å². The van der Waals surface area contributed by atoms with Gasteiger partial charge in [0, 0.05) is 27.8 Å². The maximum atomic E-state index is 10.9. The summed E-state index contributed by atoms with van der Waals surface area (Å²) in [5.74, 6) is 0. The van der Waals surface area contributed by atoms with Crippen molar-refractivity contribution in [2.75, 3.05) is 5.32 Å². The van der Waals surface area contributed by atoms with E-state index >= 15 is 0 Å². The highest BCUT2D eigenvalue weighted by molar-refractivity contribution is 9.10. The Morgan fingerprint density at radius 1 is 1.24 bits per heavy atom. The fourth-order valence-corrected chi connectivity index (χ4v) is 2.89. The van der Waals surface area contributed by atoms with E-state index in [1.165, 1.54) is 6.07 Å². The van der Waals surface area contributed by atoms with Crippen molar-refractivity contribution in [3.63, 3.8) is 0 Å². The van der Waals surface area contributed by atoms with E-state index in [1.807, 2.05) is 13.0 Å². The molecule has 0 fully saturated rings. The van der Waals surface area contributed by atoms with Crippen LogP contribution in [0.25, 0.3) is 0 Å². The zero-order valence-electron chi connectivity index (χ0n) is 10.9. The summed E-state index contributed by atoms with van der Waals surface area (Å²) in [5.41, 5.74) is 1.52.